The van der Waals surface area contributed by atoms with E-state index in [1.807, 2.05) is 20.8 Å². The second kappa shape index (κ2) is 10.4. The largest absolute Gasteiger partial charge is 0.501 e. The van der Waals surface area contributed by atoms with Gasteiger partial charge < -0.3 is 15.2 Å². The van der Waals surface area contributed by atoms with Gasteiger partial charge in [-0.05, 0) is 41.0 Å². The minimum Gasteiger partial charge on any atom is -0.487 e. The number of alkyl halides is 3. The van der Waals surface area contributed by atoms with Crippen molar-refractivity contribution in [2.75, 3.05) is 0 Å². The van der Waals surface area contributed by atoms with Gasteiger partial charge in [0.25, 0.3) is 15.7 Å². The summed E-state index contributed by atoms with van der Waals surface area (Å²) < 4.78 is 67.5. The Bertz CT molecular complexity index is 1410. The lowest BCUT2D eigenvalue weighted by Crippen LogP contribution is -2.43. The molecule has 0 saturated carbocycles. The van der Waals surface area contributed by atoms with Crippen LogP contribution in [0.15, 0.2) is 65.6 Å². The monoisotopic (exact) mass is 537 g/mol. The van der Waals surface area contributed by atoms with Gasteiger partial charge in [-0.25, -0.2) is 13.2 Å². The Hall–Kier alpha value is -3.60. The molecule has 3 rings (SSSR count). The van der Waals surface area contributed by atoms with E-state index in [0.29, 0.717) is 10.9 Å². The van der Waals surface area contributed by atoms with E-state index < -0.39 is 38.2 Å². The molecule has 0 aromatic heterocycles. The van der Waals surface area contributed by atoms with Gasteiger partial charge in [0.05, 0.1) is 10.5 Å². The Morgan fingerprint density at radius 3 is 2.16 bits per heavy atom. The number of carboxylic acids is 1. The Labute approximate surface area is 212 Å². The number of halogens is 3. The number of fused-ring (bicyclic) bond motifs is 1. The standard InChI is InChI=1S/C26H26F3NO6S/c1-25(2,3)14-21(24(32)33)30-23(31)20-13-10-17-6-4-5-7-19(17)22(20)36-15-16-8-11-18(12-9-16)37(34,35)26(27,28)29/h4-13,21H,14-15H2,1-3H3,(H,30,31)(H,32,33). The number of nitrogens with one attached hydrogen (secondary N) is 1. The molecule has 1 amide bonds. The van der Waals surface area contributed by atoms with E-state index in [9.17, 15) is 36.3 Å². The molecule has 0 radical (unpaired) electrons. The summed E-state index contributed by atoms with van der Waals surface area (Å²) in [6, 6.07) is 13.1. The third kappa shape index (κ3) is 6.59. The normalized spacial score (nSPS) is 13.2. The van der Waals surface area contributed by atoms with Gasteiger partial charge in [-0.3, -0.25) is 4.79 Å². The highest BCUT2D eigenvalue weighted by atomic mass is 32.2. The van der Waals surface area contributed by atoms with Crippen LogP contribution in [0.3, 0.4) is 0 Å². The average Bonchev–Trinajstić information content (AvgIpc) is 2.80. The van der Waals surface area contributed by atoms with Gasteiger partial charge in [-0.2, -0.15) is 13.2 Å². The van der Waals surface area contributed by atoms with Crippen LogP contribution in [0.4, 0.5) is 13.2 Å². The number of rotatable bonds is 8. The maximum Gasteiger partial charge on any atom is 0.501 e. The van der Waals surface area contributed by atoms with Crippen molar-refractivity contribution in [1.82, 2.24) is 5.32 Å². The van der Waals surface area contributed by atoms with E-state index in [2.05, 4.69) is 5.32 Å². The lowest BCUT2D eigenvalue weighted by atomic mass is 9.88. The zero-order valence-electron chi connectivity index (χ0n) is 20.3. The van der Waals surface area contributed by atoms with E-state index in [-0.39, 0.29) is 29.8 Å². The first-order valence-corrected chi connectivity index (χ1v) is 12.7. The van der Waals surface area contributed by atoms with E-state index in [0.717, 1.165) is 17.5 Å². The van der Waals surface area contributed by atoms with Crippen LogP contribution in [0.5, 0.6) is 5.75 Å². The molecule has 0 heterocycles. The third-order valence-corrected chi connectivity index (χ3v) is 6.97. The zero-order chi connectivity index (χ0) is 27.6. The Morgan fingerprint density at radius 1 is 0.973 bits per heavy atom. The molecule has 0 aliphatic heterocycles. The lowest BCUT2D eigenvalue weighted by molar-refractivity contribution is -0.140. The van der Waals surface area contributed by atoms with Gasteiger partial charge in [0.1, 0.15) is 18.4 Å². The lowest BCUT2D eigenvalue weighted by Gasteiger charge is -2.24. The molecule has 0 saturated heterocycles. The van der Waals surface area contributed by atoms with Crippen molar-refractivity contribution >= 4 is 32.5 Å². The number of hydrogen-bond donors (Lipinski definition) is 2. The first-order chi connectivity index (χ1) is 17.1. The van der Waals surface area contributed by atoms with Gasteiger partial charge in [0.15, 0.2) is 0 Å². The second-order valence-electron chi connectivity index (χ2n) is 9.67. The molecule has 37 heavy (non-hydrogen) atoms. The smallest absolute Gasteiger partial charge is 0.487 e. The minimum atomic E-state index is -5.48. The molecule has 2 N–H and O–H groups in total. The van der Waals surface area contributed by atoms with Crippen LogP contribution in [-0.2, 0) is 21.2 Å². The van der Waals surface area contributed by atoms with Crippen molar-refractivity contribution in [3.8, 4) is 5.75 Å². The van der Waals surface area contributed by atoms with Gasteiger partial charge in [0.2, 0.25) is 0 Å². The Kier molecular flexibility index (Phi) is 7.87. The molecule has 3 aromatic rings. The molecule has 0 aliphatic rings. The van der Waals surface area contributed by atoms with Crippen LogP contribution >= 0.6 is 0 Å². The van der Waals surface area contributed by atoms with Crippen molar-refractivity contribution in [2.24, 2.45) is 5.41 Å². The summed E-state index contributed by atoms with van der Waals surface area (Å²) in [6.45, 7) is 5.37. The fourth-order valence-corrected chi connectivity index (χ4v) is 4.44. The molecule has 0 aliphatic carbocycles. The van der Waals surface area contributed by atoms with Crippen LogP contribution in [0.25, 0.3) is 10.8 Å². The van der Waals surface area contributed by atoms with Crippen molar-refractivity contribution in [2.45, 2.75) is 50.2 Å². The topological polar surface area (TPSA) is 110 Å². The number of carbonyl (C=O) groups excluding carboxylic acids is 1. The highest BCUT2D eigenvalue weighted by molar-refractivity contribution is 7.92. The molecule has 7 nitrogen and oxygen atoms in total. The van der Waals surface area contributed by atoms with Gasteiger partial charge >= 0.3 is 11.5 Å². The number of carbonyl (C=O) groups is 2. The molecule has 1 unspecified atom stereocenters. The van der Waals surface area contributed by atoms with Crippen molar-refractivity contribution in [1.29, 1.82) is 0 Å². The number of amides is 1. The Balaban J connectivity index is 1.91. The summed E-state index contributed by atoms with van der Waals surface area (Å²) in [7, 11) is -5.48. The number of sulfone groups is 1. The summed E-state index contributed by atoms with van der Waals surface area (Å²) in [4.78, 5) is 24.0. The number of carboxylic acid groups (broad SMARTS) is 1. The van der Waals surface area contributed by atoms with Crippen molar-refractivity contribution in [3.05, 3.63) is 71.8 Å². The molecule has 0 fully saturated rings. The van der Waals surface area contributed by atoms with Crippen molar-refractivity contribution < 1.29 is 41.0 Å². The van der Waals surface area contributed by atoms with E-state index >= 15 is 0 Å². The number of aliphatic carboxylic acids is 1. The Morgan fingerprint density at radius 2 is 1.59 bits per heavy atom. The van der Waals surface area contributed by atoms with Gasteiger partial charge in [-0.15, -0.1) is 0 Å². The minimum absolute atomic E-state index is 0.0788. The average molecular weight is 538 g/mol. The molecular weight excluding hydrogens is 511 g/mol. The molecular formula is C26H26F3NO6S. The van der Waals surface area contributed by atoms with Crippen LogP contribution in [0.2, 0.25) is 0 Å². The molecule has 11 heteroatoms. The summed E-state index contributed by atoms with van der Waals surface area (Å²) in [5, 5.41) is 13.4. The van der Waals surface area contributed by atoms with E-state index in [1.54, 1.807) is 30.3 Å². The molecule has 1 atom stereocenters. The van der Waals surface area contributed by atoms with E-state index in [1.165, 1.54) is 18.2 Å². The highest BCUT2D eigenvalue weighted by Crippen LogP contribution is 2.33. The SMILES string of the molecule is CC(C)(C)CC(NC(=O)c1ccc2ccccc2c1OCc1ccc(S(=O)(=O)C(F)(F)F)cc1)C(=O)O. The molecule has 0 spiro atoms. The van der Waals surface area contributed by atoms with E-state index in [4.69, 9.17) is 4.74 Å². The molecule has 0 bridgehead atoms. The summed E-state index contributed by atoms with van der Waals surface area (Å²) in [6.07, 6.45) is 0.186. The highest BCUT2D eigenvalue weighted by Gasteiger charge is 2.46. The fourth-order valence-electron chi connectivity index (χ4n) is 3.68. The first kappa shape index (κ1) is 28.0. The summed E-state index contributed by atoms with van der Waals surface area (Å²) in [5.74, 6) is -1.69. The molecule has 198 valence electrons. The first-order valence-electron chi connectivity index (χ1n) is 11.2. The quantitative estimate of drug-likeness (QED) is 0.402. The number of hydrogen-bond acceptors (Lipinski definition) is 5. The number of ether oxygens (including phenoxy) is 1. The molecule has 3 aromatic carbocycles. The van der Waals surface area contributed by atoms with Crippen molar-refractivity contribution in [3.63, 3.8) is 0 Å². The van der Waals surface area contributed by atoms with Crippen LogP contribution in [0, 0.1) is 5.41 Å². The van der Waals surface area contributed by atoms with Crippen LogP contribution in [0.1, 0.15) is 43.1 Å². The maximum absolute atomic E-state index is 13.1. The third-order valence-electron chi connectivity index (χ3n) is 5.47. The second-order valence-corrected chi connectivity index (χ2v) is 11.6. The zero-order valence-corrected chi connectivity index (χ0v) is 21.1. The number of benzene rings is 3. The fraction of sp³-hybridized carbons (Fsp3) is 0.308. The summed E-state index contributed by atoms with van der Waals surface area (Å²) in [5.41, 5.74) is -5.35. The van der Waals surface area contributed by atoms with Crippen LogP contribution < -0.4 is 10.1 Å². The maximum atomic E-state index is 13.1. The van der Waals surface area contributed by atoms with Gasteiger partial charge in [-0.1, -0.05) is 63.2 Å². The van der Waals surface area contributed by atoms with Crippen LogP contribution in [-0.4, -0.2) is 37.0 Å². The predicted octanol–water partition coefficient (Wildman–Crippen LogP) is 5.33. The van der Waals surface area contributed by atoms with Gasteiger partial charge in [0, 0.05) is 5.39 Å². The summed E-state index contributed by atoms with van der Waals surface area (Å²) >= 11 is 0. The predicted molar refractivity (Wildman–Crippen MR) is 131 cm³/mol.